The molecule has 1 aliphatic rings. The van der Waals surface area contributed by atoms with Crippen LogP contribution < -0.4 is 9.47 Å². The number of H-pyrrole nitrogens is 1. The van der Waals surface area contributed by atoms with Crippen LogP contribution in [0, 0.1) is 10.1 Å². The molecule has 2 heterocycles. The fourth-order valence-electron chi connectivity index (χ4n) is 2.58. The minimum Gasteiger partial charge on any atom is -0.493 e. The molecule has 2 N–H and O–H groups in total. The van der Waals surface area contributed by atoms with Crippen molar-refractivity contribution in [2.45, 2.75) is 0 Å². The number of benzene rings is 2. The van der Waals surface area contributed by atoms with Gasteiger partial charge >= 0.3 is 0 Å². The van der Waals surface area contributed by atoms with Gasteiger partial charge in [-0.1, -0.05) is 6.07 Å². The van der Waals surface area contributed by atoms with Crippen molar-refractivity contribution in [2.24, 2.45) is 10.2 Å². The van der Waals surface area contributed by atoms with E-state index in [-0.39, 0.29) is 17.3 Å². The molecule has 0 amide bonds. The molecule has 0 saturated heterocycles. The van der Waals surface area contributed by atoms with Gasteiger partial charge in [0.2, 0.25) is 5.88 Å². The molecule has 0 bridgehead atoms. The predicted molar refractivity (Wildman–Crippen MR) is 88.2 cm³/mol. The lowest BCUT2D eigenvalue weighted by Gasteiger charge is -2.18. The van der Waals surface area contributed by atoms with Crippen LogP contribution in [0.2, 0.25) is 0 Å². The molecule has 0 radical (unpaired) electrons. The fourth-order valence-corrected chi connectivity index (χ4v) is 2.58. The van der Waals surface area contributed by atoms with E-state index in [4.69, 9.17) is 9.47 Å². The molecule has 0 aliphatic carbocycles. The third-order valence-electron chi connectivity index (χ3n) is 3.72. The maximum Gasteiger partial charge on any atom is 0.271 e. The van der Waals surface area contributed by atoms with Crippen molar-refractivity contribution in [3.63, 3.8) is 0 Å². The topological polar surface area (TPSA) is 122 Å². The number of nitrogens with zero attached hydrogens (tertiary/aromatic N) is 3. The zero-order valence-electron chi connectivity index (χ0n) is 12.8. The molecule has 25 heavy (non-hydrogen) atoms. The molecular weight excluding hydrogens is 328 g/mol. The van der Waals surface area contributed by atoms with Gasteiger partial charge in [-0.2, -0.15) is 5.11 Å². The Balaban J connectivity index is 1.75. The number of aromatic hydroxyl groups is 1. The third kappa shape index (κ3) is 2.71. The normalized spacial score (nSPS) is 13.4. The van der Waals surface area contributed by atoms with Crippen molar-refractivity contribution >= 4 is 28.0 Å². The average molecular weight is 340 g/mol. The van der Waals surface area contributed by atoms with Crippen LogP contribution in [0.3, 0.4) is 0 Å². The minimum atomic E-state index is -0.508. The maximum atomic E-state index is 10.8. The van der Waals surface area contributed by atoms with Crippen LogP contribution in [0.1, 0.15) is 0 Å². The van der Waals surface area contributed by atoms with Gasteiger partial charge in [-0.05, 0) is 12.1 Å². The lowest BCUT2D eigenvalue weighted by molar-refractivity contribution is -0.384. The van der Waals surface area contributed by atoms with Crippen molar-refractivity contribution < 1.29 is 19.5 Å². The van der Waals surface area contributed by atoms with Gasteiger partial charge in [0.1, 0.15) is 13.2 Å². The Hall–Kier alpha value is -3.62. The summed E-state index contributed by atoms with van der Waals surface area (Å²) >= 11 is 0. The number of aromatic nitrogens is 1. The zero-order chi connectivity index (χ0) is 17.4. The molecule has 3 aromatic rings. The fraction of sp³-hybridized carbons (Fsp3) is 0.125. The van der Waals surface area contributed by atoms with E-state index >= 15 is 0 Å². The second kappa shape index (κ2) is 5.78. The number of ether oxygens (including phenoxy) is 2. The molecule has 9 nitrogen and oxygen atoms in total. The van der Waals surface area contributed by atoms with E-state index in [1.54, 1.807) is 18.2 Å². The largest absolute Gasteiger partial charge is 0.493 e. The van der Waals surface area contributed by atoms with Crippen LogP contribution in [0.15, 0.2) is 46.6 Å². The molecule has 2 aromatic carbocycles. The van der Waals surface area contributed by atoms with Gasteiger partial charge in [-0.25, -0.2) is 0 Å². The molecule has 0 atom stereocenters. The average Bonchev–Trinajstić information content (AvgIpc) is 2.92. The smallest absolute Gasteiger partial charge is 0.271 e. The molecule has 0 unspecified atom stereocenters. The summed E-state index contributed by atoms with van der Waals surface area (Å²) < 4.78 is 11.0. The Morgan fingerprint density at radius 3 is 2.64 bits per heavy atom. The van der Waals surface area contributed by atoms with Gasteiger partial charge in [-0.3, -0.25) is 10.1 Å². The summed E-state index contributed by atoms with van der Waals surface area (Å²) in [6.07, 6.45) is 0. The van der Waals surface area contributed by atoms with Crippen LogP contribution in [0.4, 0.5) is 17.1 Å². The molecular formula is C16H12N4O5. The number of nitro groups is 1. The summed E-state index contributed by atoms with van der Waals surface area (Å²) in [5, 5.41) is 29.5. The number of nitrogens with one attached hydrogen (secondary N) is 1. The molecule has 4 rings (SSSR count). The first-order chi connectivity index (χ1) is 12.1. The number of nitro benzene ring substituents is 1. The highest BCUT2D eigenvalue weighted by atomic mass is 16.6. The van der Waals surface area contributed by atoms with E-state index in [0.29, 0.717) is 41.3 Å². The summed E-state index contributed by atoms with van der Waals surface area (Å²) in [6, 6.07) is 9.20. The van der Waals surface area contributed by atoms with Crippen LogP contribution in [0.5, 0.6) is 17.4 Å². The summed E-state index contributed by atoms with van der Waals surface area (Å²) in [4.78, 5) is 13.1. The Morgan fingerprint density at radius 2 is 1.88 bits per heavy atom. The molecule has 9 heteroatoms. The maximum absolute atomic E-state index is 10.8. The van der Waals surface area contributed by atoms with Gasteiger partial charge in [0.15, 0.2) is 17.2 Å². The Bertz CT molecular complexity index is 1010. The van der Waals surface area contributed by atoms with Gasteiger partial charge in [0, 0.05) is 23.6 Å². The number of aromatic amines is 1. The Kier molecular flexibility index (Phi) is 3.46. The number of non-ortho nitro benzene ring substituents is 1. The van der Waals surface area contributed by atoms with Crippen LogP contribution in [-0.4, -0.2) is 28.2 Å². The number of fused-ring (bicyclic) bond motifs is 2. The van der Waals surface area contributed by atoms with Crippen molar-refractivity contribution in [1.82, 2.24) is 4.98 Å². The van der Waals surface area contributed by atoms with Gasteiger partial charge < -0.3 is 19.6 Å². The van der Waals surface area contributed by atoms with Crippen molar-refractivity contribution in [3.8, 4) is 17.4 Å². The molecule has 0 fully saturated rings. The molecule has 0 saturated carbocycles. The van der Waals surface area contributed by atoms with Crippen LogP contribution in [0.25, 0.3) is 10.9 Å². The number of hydrogen-bond donors (Lipinski definition) is 2. The van der Waals surface area contributed by atoms with Crippen molar-refractivity contribution in [1.29, 1.82) is 0 Å². The third-order valence-corrected chi connectivity index (χ3v) is 3.72. The van der Waals surface area contributed by atoms with Gasteiger partial charge in [0.05, 0.1) is 16.1 Å². The minimum absolute atomic E-state index is 0.0841. The highest BCUT2D eigenvalue weighted by Gasteiger charge is 2.18. The molecule has 0 spiro atoms. The van der Waals surface area contributed by atoms with Crippen molar-refractivity contribution in [3.05, 3.63) is 46.5 Å². The quantitative estimate of drug-likeness (QED) is 0.424. The van der Waals surface area contributed by atoms with Crippen LogP contribution in [-0.2, 0) is 0 Å². The van der Waals surface area contributed by atoms with Crippen LogP contribution >= 0.6 is 0 Å². The number of azo groups is 1. The number of rotatable bonds is 3. The van der Waals surface area contributed by atoms with E-state index < -0.39 is 4.92 Å². The highest BCUT2D eigenvalue weighted by molar-refractivity contribution is 5.96. The van der Waals surface area contributed by atoms with E-state index in [2.05, 4.69) is 15.2 Å². The predicted octanol–water partition coefficient (Wildman–Crippen LogP) is 3.97. The first-order valence-electron chi connectivity index (χ1n) is 7.42. The summed E-state index contributed by atoms with van der Waals surface area (Å²) in [6.45, 7) is 0.907. The van der Waals surface area contributed by atoms with E-state index in [0.717, 1.165) is 0 Å². The van der Waals surface area contributed by atoms with Gasteiger partial charge in [0.25, 0.3) is 5.69 Å². The van der Waals surface area contributed by atoms with E-state index in [1.165, 1.54) is 18.2 Å². The van der Waals surface area contributed by atoms with Gasteiger partial charge in [-0.15, -0.1) is 5.11 Å². The molecule has 126 valence electrons. The first-order valence-corrected chi connectivity index (χ1v) is 7.42. The molecule has 1 aliphatic heterocycles. The second-order valence-electron chi connectivity index (χ2n) is 5.34. The lowest BCUT2D eigenvalue weighted by Crippen LogP contribution is -2.15. The molecule has 1 aromatic heterocycles. The zero-order valence-corrected chi connectivity index (χ0v) is 12.8. The lowest BCUT2D eigenvalue weighted by atomic mass is 10.2. The monoisotopic (exact) mass is 340 g/mol. The van der Waals surface area contributed by atoms with Crippen molar-refractivity contribution in [2.75, 3.05) is 13.2 Å². The first kappa shape index (κ1) is 14.9. The Labute approximate surface area is 140 Å². The number of hydrogen-bond acceptors (Lipinski definition) is 7. The SMILES string of the molecule is O=[N+]([O-])c1cccc(N=Nc2c(O)[nH]c3cc4c(cc23)OCCO4)c1. The highest BCUT2D eigenvalue weighted by Crippen LogP contribution is 2.42. The Morgan fingerprint density at radius 1 is 1.12 bits per heavy atom. The second-order valence-corrected chi connectivity index (χ2v) is 5.34. The summed E-state index contributed by atoms with van der Waals surface area (Å²) in [5.41, 5.74) is 1.06. The summed E-state index contributed by atoms with van der Waals surface area (Å²) in [7, 11) is 0. The van der Waals surface area contributed by atoms with E-state index in [1.807, 2.05) is 0 Å². The van der Waals surface area contributed by atoms with E-state index in [9.17, 15) is 15.2 Å². The summed E-state index contributed by atoms with van der Waals surface area (Å²) in [5.74, 6) is 0.984. The standard InChI is InChI=1S/C16H12N4O5/c21-16-15(19-18-9-2-1-3-10(6-9)20(22)23)11-7-13-14(8-12(11)17-16)25-5-4-24-13/h1-3,6-8,17,21H,4-5H2.